The summed E-state index contributed by atoms with van der Waals surface area (Å²) in [7, 11) is 5.67. The zero-order valence-corrected chi connectivity index (χ0v) is 11.7. The van der Waals surface area contributed by atoms with E-state index in [2.05, 4.69) is 0 Å². The lowest BCUT2D eigenvalue weighted by Crippen LogP contribution is -2.53. The van der Waals surface area contributed by atoms with Gasteiger partial charge in [0.1, 0.15) is 13.7 Å². The minimum Gasteiger partial charge on any atom is -0.398 e. The first-order chi connectivity index (χ1) is 9.35. The Hall–Kier alpha value is -1.52. The number of aryl methyl sites for hydroxylation is 1. The van der Waals surface area contributed by atoms with Crippen LogP contribution in [0.1, 0.15) is 36.8 Å². The van der Waals surface area contributed by atoms with Crippen molar-refractivity contribution in [2.24, 2.45) is 0 Å². The predicted molar refractivity (Wildman–Crippen MR) is 79.9 cm³/mol. The van der Waals surface area contributed by atoms with Crippen LogP contribution in [-0.2, 0) is 0 Å². The molecule has 0 amide bonds. The van der Waals surface area contributed by atoms with Gasteiger partial charge in [0.25, 0.3) is 0 Å². The first-order valence-electron chi connectivity index (χ1n) is 7.04. The molecule has 3 N–H and O–H groups in total. The van der Waals surface area contributed by atoms with Crippen LogP contribution >= 0.6 is 0 Å². The molecule has 20 heavy (non-hydrogen) atoms. The Morgan fingerprint density at radius 2 is 2.10 bits per heavy atom. The molecule has 3 rings (SSSR count). The molecule has 0 bridgehead atoms. The lowest BCUT2D eigenvalue weighted by molar-refractivity contribution is 0.103. The van der Waals surface area contributed by atoms with E-state index in [4.69, 9.17) is 19.0 Å². The van der Waals surface area contributed by atoms with Crippen LogP contribution in [0.4, 0.5) is 10.1 Å². The van der Waals surface area contributed by atoms with Gasteiger partial charge in [-0.2, -0.15) is 0 Å². The molecule has 1 spiro atoms. The van der Waals surface area contributed by atoms with Crippen LogP contribution in [0, 0.1) is 12.3 Å². The first-order valence-corrected chi connectivity index (χ1v) is 7.04. The molecule has 104 valence electrons. The first kappa shape index (κ1) is 13.5. The highest BCUT2D eigenvalue weighted by molar-refractivity contribution is 6.14. The molecule has 1 saturated carbocycles. The minimum absolute atomic E-state index is 0.256. The number of nitrogens with zero attached hydrogens (tertiary/aromatic N) is 1. The van der Waals surface area contributed by atoms with E-state index in [1.54, 1.807) is 0 Å². The molecule has 2 fully saturated rings. The van der Waals surface area contributed by atoms with Gasteiger partial charge in [-0.25, -0.2) is 0 Å². The Kier molecular flexibility index (Phi) is 2.85. The van der Waals surface area contributed by atoms with E-state index in [1.165, 1.54) is 0 Å². The van der Waals surface area contributed by atoms with E-state index in [1.807, 2.05) is 30.0 Å². The molecule has 1 unspecified atom stereocenters. The molecular weight excluding hydrogens is 252 g/mol. The summed E-state index contributed by atoms with van der Waals surface area (Å²) in [5.41, 5.74) is 6.53. The number of benzene rings is 1. The van der Waals surface area contributed by atoms with Gasteiger partial charge < -0.3 is 10.6 Å². The van der Waals surface area contributed by atoms with E-state index in [-0.39, 0.29) is 12.0 Å². The number of piperidine rings is 1. The summed E-state index contributed by atoms with van der Waals surface area (Å²) >= 11 is 0. The van der Waals surface area contributed by atoms with Crippen LogP contribution < -0.4 is 5.73 Å². The van der Waals surface area contributed by atoms with Crippen LogP contribution in [0.25, 0.3) is 0 Å². The zero-order chi connectivity index (χ0) is 14.5. The van der Waals surface area contributed by atoms with Gasteiger partial charge in [-0.15, -0.1) is 0 Å². The lowest BCUT2D eigenvalue weighted by Gasteiger charge is -2.44. The molecule has 1 atom stereocenters. The summed E-state index contributed by atoms with van der Waals surface area (Å²) in [6.07, 6.45) is 2.39. The Balaban J connectivity index is 1.92. The summed E-state index contributed by atoms with van der Waals surface area (Å²) in [5.74, 6) is 0.411. The van der Waals surface area contributed by atoms with Crippen molar-refractivity contribution in [3.63, 3.8) is 0 Å². The standard InChI is InChI=1S/C15H19BFN3/c1-10-3-2-4-11(18)12(10)13(19)20-8-7-15(16,17)9-14(20)5-6-14/h2-4,19H,5-9,18H2,1H3. The van der Waals surface area contributed by atoms with Gasteiger partial charge in [-0.3, -0.25) is 9.80 Å². The summed E-state index contributed by atoms with van der Waals surface area (Å²) in [6, 6.07) is 5.64. The van der Waals surface area contributed by atoms with Crippen molar-refractivity contribution in [2.75, 3.05) is 12.3 Å². The quantitative estimate of drug-likeness (QED) is 0.356. The van der Waals surface area contributed by atoms with Gasteiger partial charge in [0.2, 0.25) is 0 Å². The van der Waals surface area contributed by atoms with E-state index in [0.717, 1.165) is 24.0 Å². The van der Waals surface area contributed by atoms with E-state index >= 15 is 0 Å². The Labute approximate surface area is 120 Å². The number of amidine groups is 1. The maximum atomic E-state index is 14.1. The maximum absolute atomic E-state index is 14.1. The average molecular weight is 271 g/mol. The second kappa shape index (κ2) is 4.24. The van der Waals surface area contributed by atoms with Crippen LogP contribution in [-0.4, -0.2) is 36.2 Å². The number of hydrogen-bond donors (Lipinski definition) is 2. The van der Waals surface area contributed by atoms with Crippen LogP contribution in [0.2, 0.25) is 0 Å². The van der Waals surface area contributed by atoms with Gasteiger partial charge in [0.15, 0.2) is 0 Å². The summed E-state index contributed by atoms with van der Waals surface area (Å²) in [4.78, 5) is 2.01. The third kappa shape index (κ3) is 2.09. The van der Waals surface area contributed by atoms with E-state index in [9.17, 15) is 4.39 Å². The summed E-state index contributed by atoms with van der Waals surface area (Å²) < 4.78 is 14.1. The zero-order valence-electron chi connectivity index (χ0n) is 11.7. The normalized spacial score (nSPS) is 27.6. The summed E-state index contributed by atoms with van der Waals surface area (Å²) in [5, 5.41) is 8.51. The number of alkyl halides is 1. The number of hydrogen-bond acceptors (Lipinski definition) is 2. The van der Waals surface area contributed by atoms with Crippen molar-refractivity contribution >= 4 is 19.4 Å². The lowest BCUT2D eigenvalue weighted by atomic mass is 9.72. The minimum atomic E-state index is -1.59. The SMILES string of the molecule is [B]C1(F)CCN(C(=N)c2c(C)cccc2N)C2(CC2)C1. The molecule has 1 aromatic carbocycles. The number of likely N-dealkylation sites (tertiary alicyclic amines) is 1. The third-order valence-corrected chi connectivity index (χ3v) is 4.59. The molecule has 3 nitrogen and oxygen atoms in total. The number of rotatable bonds is 1. The molecule has 0 aromatic heterocycles. The highest BCUT2D eigenvalue weighted by Gasteiger charge is 2.55. The van der Waals surface area contributed by atoms with Crippen molar-refractivity contribution in [1.29, 1.82) is 5.41 Å². The fraction of sp³-hybridized carbons (Fsp3) is 0.533. The third-order valence-electron chi connectivity index (χ3n) is 4.59. The highest BCUT2D eigenvalue weighted by Crippen LogP contribution is 2.52. The Morgan fingerprint density at radius 1 is 1.40 bits per heavy atom. The monoisotopic (exact) mass is 271 g/mol. The van der Waals surface area contributed by atoms with Crippen molar-refractivity contribution in [1.82, 2.24) is 4.90 Å². The highest BCUT2D eigenvalue weighted by atomic mass is 19.1. The molecule has 2 aliphatic rings. The molecule has 5 heteroatoms. The smallest absolute Gasteiger partial charge is 0.130 e. The molecule has 2 radical (unpaired) electrons. The van der Waals surface area contributed by atoms with Crippen LogP contribution in [0.3, 0.4) is 0 Å². The molecule has 1 saturated heterocycles. The predicted octanol–water partition coefficient (Wildman–Crippen LogP) is 2.37. The van der Waals surface area contributed by atoms with Gasteiger partial charge in [0, 0.05) is 23.3 Å². The van der Waals surface area contributed by atoms with Crippen molar-refractivity contribution < 1.29 is 4.39 Å². The van der Waals surface area contributed by atoms with Gasteiger partial charge >= 0.3 is 0 Å². The number of anilines is 1. The molecular formula is C15H19BFN3. The number of nitrogens with one attached hydrogen (secondary N) is 1. The fourth-order valence-corrected chi connectivity index (χ4v) is 3.35. The Morgan fingerprint density at radius 3 is 2.70 bits per heavy atom. The van der Waals surface area contributed by atoms with Gasteiger partial charge in [-0.1, -0.05) is 12.1 Å². The van der Waals surface area contributed by atoms with Gasteiger partial charge in [-0.05, 0) is 44.2 Å². The van der Waals surface area contributed by atoms with Gasteiger partial charge in [0.05, 0.1) is 5.57 Å². The largest absolute Gasteiger partial charge is 0.398 e. The number of nitrogens with two attached hydrogens (primary N) is 1. The van der Waals surface area contributed by atoms with E-state index in [0.29, 0.717) is 24.5 Å². The van der Waals surface area contributed by atoms with Crippen molar-refractivity contribution in [3.05, 3.63) is 29.3 Å². The molecule has 1 aliphatic heterocycles. The maximum Gasteiger partial charge on any atom is 0.130 e. The molecule has 1 heterocycles. The van der Waals surface area contributed by atoms with Crippen molar-refractivity contribution in [3.8, 4) is 0 Å². The fourth-order valence-electron chi connectivity index (χ4n) is 3.35. The second-order valence-electron chi connectivity index (χ2n) is 6.23. The summed E-state index contributed by atoms with van der Waals surface area (Å²) in [6.45, 7) is 2.44. The Bertz CT molecular complexity index is 546. The topological polar surface area (TPSA) is 53.1 Å². The number of nitrogen functional groups attached to an aromatic ring is 1. The van der Waals surface area contributed by atoms with Crippen molar-refractivity contribution in [2.45, 2.75) is 43.7 Å². The second-order valence-corrected chi connectivity index (χ2v) is 6.23. The van der Waals surface area contributed by atoms with E-state index < -0.39 is 5.57 Å². The van der Waals surface area contributed by atoms with Crippen LogP contribution in [0.5, 0.6) is 0 Å². The van der Waals surface area contributed by atoms with Crippen LogP contribution in [0.15, 0.2) is 18.2 Å². The molecule has 1 aliphatic carbocycles. The number of halogens is 1. The molecule has 1 aromatic rings. The average Bonchev–Trinajstić information content (AvgIpc) is 3.07.